The molecule has 0 spiro atoms. The van der Waals surface area contributed by atoms with Gasteiger partial charge in [-0.2, -0.15) is 0 Å². The van der Waals surface area contributed by atoms with E-state index in [1.807, 2.05) is 0 Å². The van der Waals surface area contributed by atoms with Gasteiger partial charge in [0.25, 0.3) is 0 Å². The highest BCUT2D eigenvalue weighted by Gasteiger charge is 2.31. The van der Waals surface area contributed by atoms with E-state index in [2.05, 4.69) is 11.8 Å². The normalized spacial score (nSPS) is 41.1. The molecule has 0 aromatic heterocycles. The van der Waals surface area contributed by atoms with Crippen molar-refractivity contribution in [3.05, 3.63) is 0 Å². The first-order chi connectivity index (χ1) is 6.77. The molecule has 0 amide bonds. The molecule has 3 heteroatoms. The van der Waals surface area contributed by atoms with Gasteiger partial charge >= 0.3 is 0 Å². The van der Waals surface area contributed by atoms with Crippen molar-refractivity contribution in [2.24, 2.45) is 5.92 Å². The van der Waals surface area contributed by atoms with E-state index in [0.717, 1.165) is 45.1 Å². The minimum Gasteiger partial charge on any atom is -0.393 e. The van der Waals surface area contributed by atoms with Crippen LogP contribution in [0.15, 0.2) is 0 Å². The lowest BCUT2D eigenvalue weighted by Crippen LogP contribution is -2.49. The molecule has 0 aromatic carbocycles. The monoisotopic (exact) mass is 199 g/mol. The molecule has 1 aliphatic carbocycles. The molecule has 0 aromatic rings. The molecule has 3 atom stereocenters. The zero-order chi connectivity index (χ0) is 9.97. The van der Waals surface area contributed by atoms with E-state index in [-0.39, 0.29) is 6.10 Å². The van der Waals surface area contributed by atoms with Crippen molar-refractivity contribution in [3.8, 4) is 0 Å². The molecule has 14 heavy (non-hydrogen) atoms. The Labute approximate surface area is 86.0 Å². The third kappa shape index (κ3) is 2.27. The van der Waals surface area contributed by atoms with Gasteiger partial charge in [0.05, 0.1) is 19.3 Å². The molecule has 3 unspecified atom stereocenters. The van der Waals surface area contributed by atoms with Crippen LogP contribution in [0.1, 0.15) is 26.2 Å². The fraction of sp³-hybridized carbons (Fsp3) is 1.00. The zero-order valence-corrected chi connectivity index (χ0v) is 8.98. The summed E-state index contributed by atoms with van der Waals surface area (Å²) in [5.74, 6) is 0.733. The van der Waals surface area contributed by atoms with E-state index < -0.39 is 0 Å². The molecule has 2 aliphatic rings. The minimum atomic E-state index is -0.0703. The Kier molecular flexibility index (Phi) is 3.42. The fourth-order valence-electron chi connectivity index (χ4n) is 2.69. The van der Waals surface area contributed by atoms with Crippen LogP contribution in [0.2, 0.25) is 0 Å². The Morgan fingerprint density at radius 3 is 2.64 bits per heavy atom. The van der Waals surface area contributed by atoms with Gasteiger partial charge in [0, 0.05) is 19.1 Å². The first kappa shape index (κ1) is 10.4. The van der Waals surface area contributed by atoms with Crippen LogP contribution in [0, 0.1) is 5.92 Å². The molecule has 1 heterocycles. The van der Waals surface area contributed by atoms with Gasteiger partial charge in [-0.1, -0.05) is 6.92 Å². The van der Waals surface area contributed by atoms with Crippen LogP contribution < -0.4 is 0 Å². The van der Waals surface area contributed by atoms with Crippen LogP contribution in [0.3, 0.4) is 0 Å². The first-order valence-electron chi connectivity index (χ1n) is 5.77. The third-order valence-corrected chi connectivity index (χ3v) is 3.64. The third-order valence-electron chi connectivity index (χ3n) is 3.64. The van der Waals surface area contributed by atoms with E-state index in [4.69, 9.17) is 4.74 Å². The average molecular weight is 199 g/mol. The fourth-order valence-corrected chi connectivity index (χ4v) is 2.69. The second-order valence-electron chi connectivity index (χ2n) is 4.66. The van der Waals surface area contributed by atoms with Gasteiger partial charge in [0.1, 0.15) is 0 Å². The molecule has 0 radical (unpaired) electrons. The predicted octanol–water partition coefficient (Wildman–Crippen LogP) is 0.868. The van der Waals surface area contributed by atoms with Crippen LogP contribution in [-0.4, -0.2) is 48.5 Å². The van der Waals surface area contributed by atoms with Gasteiger partial charge in [0.2, 0.25) is 0 Å². The highest BCUT2D eigenvalue weighted by molar-refractivity contribution is 4.85. The van der Waals surface area contributed by atoms with E-state index in [1.165, 1.54) is 6.42 Å². The van der Waals surface area contributed by atoms with Crippen molar-refractivity contribution >= 4 is 0 Å². The van der Waals surface area contributed by atoms with Crippen molar-refractivity contribution in [2.75, 3.05) is 26.3 Å². The molecule has 1 saturated carbocycles. The molecule has 2 fully saturated rings. The van der Waals surface area contributed by atoms with E-state index >= 15 is 0 Å². The van der Waals surface area contributed by atoms with Gasteiger partial charge in [0.15, 0.2) is 0 Å². The molecule has 1 aliphatic heterocycles. The van der Waals surface area contributed by atoms with Crippen LogP contribution >= 0.6 is 0 Å². The maximum atomic E-state index is 9.67. The number of morpholine rings is 1. The molecule has 2 rings (SSSR count). The zero-order valence-electron chi connectivity index (χ0n) is 8.98. The van der Waals surface area contributed by atoms with E-state index in [1.54, 1.807) is 0 Å². The molecule has 0 bridgehead atoms. The summed E-state index contributed by atoms with van der Waals surface area (Å²) in [5.41, 5.74) is 0. The maximum absolute atomic E-state index is 9.67. The second-order valence-corrected chi connectivity index (χ2v) is 4.66. The van der Waals surface area contributed by atoms with Crippen molar-refractivity contribution in [3.63, 3.8) is 0 Å². The number of nitrogens with zero attached hydrogens (tertiary/aromatic N) is 1. The van der Waals surface area contributed by atoms with E-state index in [9.17, 15) is 5.11 Å². The largest absolute Gasteiger partial charge is 0.393 e. The average Bonchev–Trinajstić information content (AvgIpc) is 2.23. The standard InChI is InChI=1S/C11H21NO2/c1-9-2-3-10(13)8-11(9)12-4-6-14-7-5-12/h9-11,13H,2-8H2,1H3. The van der Waals surface area contributed by atoms with Crippen LogP contribution in [-0.2, 0) is 4.74 Å². The predicted molar refractivity (Wildman–Crippen MR) is 55.2 cm³/mol. The molecule has 1 N–H and O–H groups in total. The Bertz CT molecular complexity index is 180. The van der Waals surface area contributed by atoms with Gasteiger partial charge in [-0.05, 0) is 25.2 Å². The number of hydrogen-bond acceptors (Lipinski definition) is 3. The van der Waals surface area contributed by atoms with Crippen LogP contribution in [0.25, 0.3) is 0 Å². The Morgan fingerprint density at radius 1 is 1.21 bits per heavy atom. The molecular weight excluding hydrogens is 178 g/mol. The molecule has 82 valence electrons. The highest BCUT2D eigenvalue weighted by Crippen LogP contribution is 2.28. The van der Waals surface area contributed by atoms with Gasteiger partial charge in [-0.3, -0.25) is 4.90 Å². The summed E-state index contributed by atoms with van der Waals surface area (Å²) in [6.07, 6.45) is 3.05. The minimum absolute atomic E-state index is 0.0703. The van der Waals surface area contributed by atoms with Crippen LogP contribution in [0.4, 0.5) is 0 Å². The summed E-state index contributed by atoms with van der Waals surface area (Å²) < 4.78 is 5.35. The number of rotatable bonds is 1. The lowest BCUT2D eigenvalue weighted by molar-refractivity contribution is -0.0267. The number of aliphatic hydroxyl groups excluding tert-OH is 1. The van der Waals surface area contributed by atoms with Crippen LogP contribution in [0.5, 0.6) is 0 Å². The lowest BCUT2D eigenvalue weighted by Gasteiger charge is -2.41. The van der Waals surface area contributed by atoms with E-state index in [0.29, 0.717) is 6.04 Å². The SMILES string of the molecule is CC1CCC(O)CC1N1CCOCC1. The maximum Gasteiger partial charge on any atom is 0.0594 e. The molecular formula is C11H21NO2. The molecule has 3 nitrogen and oxygen atoms in total. The summed E-state index contributed by atoms with van der Waals surface area (Å²) in [6.45, 7) is 6.12. The van der Waals surface area contributed by atoms with Crippen molar-refractivity contribution in [1.82, 2.24) is 4.90 Å². The van der Waals surface area contributed by atoms with Crippen molar-refractivity contribution in [2.45, 2.75) is 38.3 Å². The first-order valence-corrected chi connectivity index (χ1v) is 5.77. The summed E-state index contributed by atoms with van der Waals surface area (Å²) in [7, 11) is 0. The second kappa shape index (κ2) is 4.60. The molecule has 1 saturated heterocycles. The Morgan fingerprint density at radius 2 is 1.93 bits per heavy atom. The van der Waals surface area contributed by atoms with Gasteiger partial charge in [-0.15, -0.1) is 0 Å². The Hall–Kier alpha value is -0.120. The highest BCUT2D eigenvalue weighted by atomic mass is 16.5. The van der Waals surface area contributed by atoms with Gasteiger partial charge < -0.3 is 9.84 Å². The summed E-state index contributed by atoms with van der Waals surface area (Å²) in [6, 6.07) is 0.586. The number of aliphatic hydroxyl groups is 1. The quantitative estimate of drug-likeness (QED) is 0.680. The summed E-state index contributed by atoms with van der Waals surface area (Å²) in [4.78, 5) is 2.50. The summed E-state index contributed by atoms with van der Waals surface area (Å²) >= 11 is 0. The van der Waals surface area contributed by atoms with Crippen molar-refractivity contribution < 1.29 is 9.84 Å². The number of ether oxygens (including phenoxy) is 1. The van der Waals surface area contributed by atoms with Crippen molar-refractivity contribution in [1.29, 1.82) is 0 Å². The Balaban J connectivity index is 1.92. The number of hydrogen-bond donors (Lipinski definition) is 1. The summed E-state index contributed by atoms with van der Waals surface area (Å²) in [5, 5.41) is 9.67. The topological polar surface area (TPSA) is 32.7 Å². The van der Waals surface area contributed by atoms with Gasteiger partial charge in [-0.25, -0.2) is 0 Å². The smallest absolute Gasteiger partial charge is 0.0594 e. The lowest BCUT2D eigenvalue weighted by atomic mass is 9.83.